The number of nitrogens with zero attached hydrogens (tertiary/aromatic N) is 3. The fraction of sp³-hybridized carbons (Fsp3) is 0.107. The molecular weight excluding hydrogens is 459 g/mol. The van der Waals surface area contributed by atoms with Gasteiger partial charge in [-0.25, -0.2) is 9.37 Å². The third kappa shape index (κ3) is 5.58. The molecule has 35 heavy (non-hydrogen) atoms. The molecule has 5 rings (SSSR count). The minimum atomic E-state index is -0.257. The van der Waals surface area contributed by atoms with E-state index in [1.54, 1.807) is 30.2 Å². The quantitative estimate of drug-likeness (QED) is 0.282. The van der Waals surface area contributed by atoms with Crippen LogP contribution in [-0.2, 0) is 18.8 Å². The van der Waals surface area contributed by atoms with Crippen LogP contribution in [0.25, 0.3) is 11.0 Å². The predicted octanol–water partition coefficient (Wildman–Crippen LogP) is 5.84. The molecule has 2 aromatic heterocycles. The first kappa shape index (κ1) is 22.8. The lowest BCUT2D eigenvalue weighted by atomic mass is 10.1. The zero-order chi connectivity index (χ0) is 24.0. The van der Waals surface area contributed by atoms with Gasteiger partial charge in [-0.15, -0.1) is 0 Å². The van der Waals surface area contributed by atoms with Gasteiger partial charge >= 0.3 is 0 Å². The summed E-state index contributed by atoms with van der Waals surface area (Å²) in [5, 5.41) is 3.79. The summed E-state index contributed by atoms with van der Waals surface area (Å²) in [7, 11) is 0. The molecule has 0 aliphatic heterocycles. The fourth-order valence-corrected chi connectivity index (χ4v) is 4.78. The molecule has 2 heterocycles. The molecule has 7 heteroatoms. The van der Waals surface area contributed by atoms with Crippen LogP contribution in [-0.4, -0.2) is 20.4 Å². The lowest BCUT2D eigenvalue weighted by Gasteiger charge is -2.10. The second-order valence-electron chi connectivity index (χ2n) is 8.13. The van der Waals surface area contributed by atoms with Gasteiger partial charge in [-0.05, 0) is 47.0 Å². The molecule has 0 radical (unpaired) electrons. The maximum Gasteiger partial charge on any atom is 0.251 e. The first-order valence-corrected chi connectivity index (χ1v) is 12.2. The van der Waals surface area contributed by atoms with Crippen LogP contribution in [0.1, 0.15) is 27.0 Å². The van der Waals surface area contributed by atoms with E-state index in [2.05, 4.69) is 14.9 Å². The lowest BCUT2D eigenvalue weighted by Crippen LogP contribution is -2.22. The first-order valence-electron chi connectivity index (χ1n) is 11.2. The Balaban J connectivity index is 1.27. The van der Waals surface area contributed by atoms with E-state index in [0.29, 0.717) is 24.4 Å². The molecule has 5 nitrogen and oxygen atoms in total. The highest BCUT2D eigenvalue weighted by atomic mass is 32.2. The molecule has 0 saturated carbocycles. The van der Waals surface area contributed by atoms with Gasteiger partial charge in [0.1, 0.15) is 5.82 Å². The lowest BCUT2D eigenvalue weighted by molar-refractivity contribution is 0.0951. The van der Waals surface area contributed by atoms with Crippen molar-refractivity contribution in [3.63, 3.8) is 0 Å². The van der Waals surface area contributed by atoms with E-state index in [1.807, 2.05) is 66.7 Å². The summed E-state index contributed by atoms with van der Waals surface area (Å²) >= 11 is 1.60. The number of benzene rings is 3. The average molecular weight is 483 g/mol. The van der Waals surface area contributed by atoms with Gasteiger partial charge in [-0.2, -0.15) is 0 Å². The number of aromatic nitrogens is 3. The Hall–Kier alpha value is -3.97. The number of halogens is 1. The molecule has 174 valence electrons. The molecule has 0 unspecified atom stereocenters. The largest absolute Gasteiger partial charge is 0.348 e. The van der Waals surface area contributed by atoms with Gasteiger partial charge in [0.25, 0.3) is 5.91 Å². The number of imidazole rings is 1. The molecule has 5 aromatic rings. The van der Waals surface area contributed by atoms with E-state index in [0.717, 1.165) is 32.9 Å². The number of fused-ring (bicyclic) bond motifs is 1. The average Bonchev–Trinajstić information content (AvgIpc) is 3.24. The molecule has 0 spiro atoms. The number of pyridine rings is 1. The number of carbonyl (C=O) groups excluding carboxylic acids is 1. The number of amides is 1. The highest BCUT2D eigenvalue weighted by Gasteiger charge is 2.13. The van der Waals surface area contributed by atoms with E-state index in [4.69, 9.17) is 4.98 Å². The van der Waals surface area contributed by atoms with Crippen molar-refractivity contribution in [1.29, 1.82) is 0 Å². The van der Waals surface area contributed by atoms with E-state index < -0.39 is 0 Å². The Bertz CT molecular complexity index is 1450. The van der Waals surface area contributed by atoms with Gasteiger partial charge in [0.2, 0.25) is 0 Å². The Labute approximate surface area is 207 Å². The van der Waals surface area contributed by atoms with Crippen molar-refractivity contribution < 1.29 is 9.18 Å². The van der Waals surface area contributed by atoms with Crippen molar-refractivity contribution in [3.8, 4) is 0 Å². The van der Waals surface area contributed by atoms with Crippen molar-refractivity contribution in [2.24, 2.45) is 0 Å². The normalized spacial score (nSPS) is 11.0. The summed E-state index contributed by atoms with van der Waals surface area (Å²) in [4.78, 5) is 21.5. The van der Waals surface area contributed by atoms with Crippen LogP contribution in [0.4, 0.5) is 4.39 Å². The Morgan fingerprint density at radius 1 is 0.914 bits per heavy atom. The second-order valence-corrected chi connectivity index (χ2v) is 9.07. The molecule has 0 bridgehead atoms. The Morgan fingerprint density at radius 2 is 1.71 bits per heavy atom. The maximum absolute atomic E-state index is 13.7. The first-order chi connectivity index (χ1) is 17.2. The summed E-state index contributed by atoms with van der Waals surface area (Å²) in [6.45, 7) is 0.997. The van der Waals surface area contributed by atoms with E-state index in [9.17, 15) is 9.18 Å². The summed E-state index contributed by atoms with van der Waals surface area (Å²) in [6, 6.07) is 25.9. The standard InChI is InChI=1S/C28H23FN4OS/c29-24-8-4-7-22(15-24)18-33-26-17-30-14-13-25(26)32-28(33)35-19-21-9-11-23(12-10-21)27(34)31-16-20-5-2-1-3-6-20/h1-15,17H,16,18-19H2,(H,31,34). The highest BCUT2D eigenvalue weighted by Crippen LogP contribution is 2.27. The Kier molecular flexibility index (Phi) is 6.86. The summed E-state index contributed by atoms with van der Waals surface area (Å²) in [5.74, 6) is 0.329. The minimum Gasteiger partial charge on any atom is -0.348 e. The molecule has 0 aliphatic rings. The van der Waals surface area contributed by atoms with E-state index in [1.165, 1.54) is 12.1 Å². The van der Waals surface area contributed by atoms with Crippen LogP contribution in [0.15, 0.2) is 102 Å². The van der Waals surface area contributed by atoms with Gasteiger partial charge in [0, 0.05) is 24.1 Å². The van der Waals surface area contributed by atoms with Crippen LogP contribution in [0.3, 0.4) is 0 Å². The second kappa shape index (κ2) is 10.5. The molecule has 0 saturated heterocycles. The Morgan fingerprint density at radius 3 is 2.51 bits per heavy atom. The zero-order valence-electron chi connectivity index (χ0n) is 18.9. The third-order valence-electron chi connectivity index (χ3n) is 5.63. The van der Waals surface area contributed by atoms with Crippen molar-refractivity contribution in [2.75, 3.05) is 0 Å². The SMILES string of the molecule is O=C(NCc1ccccc1)c1ccc(CSc2nc3ccncc3n2Cc2cccc(F)c2)cc1. The van der Waals surface area contributed by atoms with Crippen LogP contribution in [0.5, 0.6) is 0 Å². The highest BCUT2D eigenvalue weighted by molar-refractivity contribution is 7.98. The summed E-state index contributed by atoms with van der Waals surface area (Å²) in [6.07, 6.45) is 3.51. The van der Waals surface area contributed by atoms with Crippen LogP contribution < -0.4 is 5.32 Å². The number of thioether (sulfide) groups is 1. The molecule has 3 aromatic carbocycles. The molecule has 1 amide bonds. The number of hydrogen-bond acceptors (Lipinski definition) is 4. The van der Waals surface area contributed by atoms with E-state index >= 15 is 0 Å². The van der Waals surface area contributed by atoms with E-state index in [-0.39, 0.29) is 11.7 Å². The number of hydrogen-bond donors (Lipinski definition) is 1. The van der Waals surface area contributed by atoms with Crippen LogP contribution >= 0.6 is 11.8 Å². The van der Waals surface area contributed by atoms with Gasteiger partial charge in [-0.1, -0.05) is 66.4 Å². The van der Waals surface area contributed by atoms with Gasteiger partial charge in [0.05, 0.1) is 23.8 Å². The molecule has 0 atom stereocenters. The maximum atomic E-state index is 13.7. The number of nitrogens with one attached hydrogen (secondary N) is 1. The van der Waals surface area contributed by atoms with Gasteiger partial charge < -0.3 is 9.88 Å². The summed E-state index contributed by atoms with van der Waals surface area (Å²) in [5.41, 5.74) is 5.39. The third-order valence-corrected chi connectivity index (χ3v) is 6.67. The molecule has 0 fully saturated rings. The smallest absolute Gasteiger partial charge is 0.251 e. The van der Waals surface area contributed by atoms with Gasteiger partial charge in [0.15, 0.2) is 5.16 Å². The predicted molar refractivity (Wildman–Crippen MR) is 137 cm³/mol. The number of carbonyl (C=O) groups is 1. The molecular formula is C28H23FN4OS. The van der Waals surface area contributed by atoms with Crippen molar-refractivity contribution in [1.82, 2.24) is 19.9 Å². The minimum absolute atomic E-state index is 0.0996. The van der Waals surface area contributed by atoms with Crippen molar-refractivity contribution >= 4 is 28.7 Å². The van der Waals surface area contributed by atoms with Gasteiger partial charge in [-0.3, -0.25) is 9.78 Å². The fourth-order valence-electron chi connectivity index (χ4n) is 3.81. The monoisotopic (exact) mass is 482 g/mol. The van der Waals surface area contributed by atoms with Crippen molar-refractivity contribution in [2.45, 2.75) is 24.0 Å². The zero-order valence-corrected chi connectivity index (χ0v) is 19.7. The summed E-state index contributed by atoms with van der Waals surface area (Å²) < 4.78 is 15.8. The van der Waals surface area contributed by atoms with Crippen LogP contribution in [0.2, 0.25) is 0 Å². The van der Waals surface area contributed by atoms with Crippen LogP contribution in [0, 0.1) is 5.82 Å². The van der Waals surface area contributed by atoms with Crippen molar-refractivity contribution in [3.05, 3.63) is 125 Å². The number of rotatable bonds is 8. The topological polar surface area (TPSA) is 59.8 Å². The molecule has 0 aliphatic carbocycles. The molecule has 1 N–H and O–H groups in total.